The number of hydrogen-bond acceptors (Lipinski definition) is 3. The molecule has 2 aromatic rings. The molecule has 0 saturated carbocycles. The van der Waals surface area contributed by atoms with Crippen molar-refractivity contribution >= 4 is 11.0 Å². The molecular weight excluding hydrogens is 452 g/mol. The Morgan fingerprint density at radius 3 is 1.43 bits per heavy atom. The summed E-state index contributed by atoms with van der Waals surface area (Å²) in [4.78, 5) is 2.69. The van der Waals surface area contributed by atoms with Crippen LogP contribution in [-0.2, 0) is 6.54 Å². The minimum absolute atomic E-state index is 0.988. The Labute approximate surface area is 229 Å². The monoisotopic (exact) mass is 512 g/mol. The fourth-order valence-electron chi connectivity index (χ4n) is 5.56. The van der Waals surface area contributed by atoms with Crippen LogP contribution >= 0.6 is 0 Å². The summed E-state index contributed by atoms with van der Waals surface area (Å²) in [5.41, 5.74) is 3.35. The zero-order valence-corrected chi connectivity index (χ0v) is 24.8. The standard InChI is InChI=1S/C33H60N4/c1-3-5-7-9-11-13-15-17-19-21-23-28-37(30-31-26-25-27-32-33(31)35-36-34-32)29-24-22-20-18-16-14-12-10-8-6-4-2/h25-27H,3-24,28-30H2,1-2H3,(H,34,35,36). The van der Waals surface area contributed by atoms with Crippen LogP contribution in [0.25, 0.3) is 11.0 Å². The molecule has 1 aromatic carbocycles. The average molecular weight is 513 g/mol. The largest absolute Gasteiger partial charge is 0.299 e. The van der Waals surface area contributed by atoms with Crippen molar-refractivity contribution < 1.29 is 0 Å². The van der Waals surface area contributed by atoms with Gasteiger partial charge in [0.25, 0.3) is 0 Å². The van der Waals surface area contributed by atoms with Crippen LogP contribution in [-0.4, -0.2) is 33.4 Å². The number of unbranched alkanes of at least 4 members (excludes halogenated alkanes) is 20. The van der Waals surface area contributed by atoms with Crippen LogP contribution in [0.1, 0.15) is 161 Å². The Balaban J connectivity index is 1.62. The van der Waals surface area contributed by atoms with Gasteiger partial charge in [-0.1, -0.05) is 154 Å². The van der Waals surface area contributed by atoms with E-state index in [-0.39, 0.29) is 0 Å². The van der Waals surface area contributed by atoms with Crippen molar-refractivity contribution in [1.29, 1.82) is 0 Å². The van der Waals surface area contributed by atoms with Crippen LogP contribution in [0.2, 0.25) is 0 Å². The number of hydrogen-bond donors (Lipinski definition) is 1. The van der Waals surface area contributed by atoms with E-state index in [4.69, 9.17) is 0 Å². The summed E-state index contributed by atoms with van der Waals surface area (Å²) in [6.07, 6.45) is 31.0. The quantitative estimate of drug-likeness (QED) is 0.127. The van der Waals surface area contributed by atoms with E-state index in [0.717, 1.165) is 17.6 Å². The van der Waals surface area contributed by atoms with E-state index in [1.165, 1.54) is 160 Å². The highest BCUT2D eigenvalue weighted by Gasteiger charge is 2.10. The summed E-state index contributed by atoms with van der Waals surface area (Å²) < 4.78 is 0. The first-order valence-corrected chi connectivity index (χ1v) is 16.4. The van der Waals surface area contributed by atoms with Crippen molar-refractivity contribution in [2.24, 2.45) is 0 Å². The maximum atomic E-state index is 4.43. The first-order chi connectivity index (χ1) is 18.3. The Morgan fingerprint density at radius 2 is 0.973 bits per heavy atom. The van der Waals surface area contributed by atoms with E-state index in [0.29, 0.717) is 0 Å². The highest BCUT2D eigenvalue weighted by atomic mass is 15.3. The number of aromatic nitrogens is 3. The van der Waals surface area contributed by atoms with E-state index in [9.17, 15) is 0 Å². The summed E-state index contributed by atoms with van der Waals surface area (Å²) in [5.74, 6) is 0. The topological polar surface area (TPSA) is 44.8 Å². The van der Waals surface area contributed by atoms with Crippen molar-refractivity contribution in [3.8, 4) is 0 Å². The Hall–Kier alpha value is -1.42. The molecule has 0 radical (unpaired) electrons. The summed E-state index contributed by atoms with van der Waals surface area (Å²) in [5, 5.41) is 11.5. The highest BCUT2D eigenvalue weighted by Crippen LogP contribution is 2.18. The molecule has 0 saturated heterocycles. The van der Waals surface area contributed by atoms with Gasteiger partial charge in [0.05, 0.1) is 0 Å². The second kappa shape index (κ2) is 22.6. The van der Waals surface area contributed by atoms with Gasteiger partial charge in [0.2, 0.25) is 0 Å². The molecule has 37 heavy (non-hydrogen) atoms. The summed E-state index contributed by atoms with van der Waals surface area (Å²) in [6.45, 7) is 8.02. The van der Waals surface area contributed by atoms with Crippen LogP contribution in [0.5, 0.6) is 0 Å². The number of nitrogens with one attached hydrogen (secondary N) is 1. The van der Waals surface area contributed by atoms with Crippen molar-refractivity contribution in [3.05, 3.63) is 23.8 Å². The van der Waals surface area contributed by atoms with E-state index in [1.807, 2.05) is 0 Å². The van der Waals surface area contributed by atoms with Gasteiger partial charge in [0.1, 0.15) is 11.0 Å². The van der Waals surface area contributed by atoms with Crippen LogP contribution < -0.4 is 0 Å². The maximum absolute atomic E-state index is 4.43. The number of rotatable bonds is 26. The van der Waals surface area contributed by atoms with Crippen molar-refractivity contribution in [3.63, 3.8) is 0 Å². The van der Waals surface area contributed by atoms with Gasteiger partial charge in [-0.05, 0) is 37.6 Å². The minimum Gasteiger partial charge on any atom is -0.299 e. The fourth-order valence-corrected chi connectivity index (χ4v) is 5.56. The van der Waals surface area contributed by atoms with Crippen LogP contribution in [0.15, 0.2) is 18.2 Å². The number of para-hydroxylation sites is 1. The van der Waals surface area contributed by atoms with Gasteiger partial charge < -0.3 is 0 Å². The van der Waals surface area contributed by atoms with Gasteiger partial charge in [-0.3, -0.25) is 4.90 Å². The van der Waals surface area contributed by atoms with E-state index < -0.39 is 0 Å². The van der Waals surface area contributed by atoms with Gasteiger partial charge in [0.15, 0.2) is 0 Å². The molecule has 1 heterocycles. The predicted molar refractivity (Wildman–Crippen MR) is 162 cm³/mol. The first-order valence-electron chi connectivity index (χ1n) is 16.4. The molecule has 4 heteroatoms. The molecule has 0 unspecified atom stereocenters. The highest BCUT2D eigenvalue weighted by molar-refractivity contribution is 5.77. The Kier molecular flexibility index (Phi) is 19.4. The normalized spacial score (nSPS) is 11.8. The molecule has 0 aliphatic rings. The van der Waals surface area contributed by atoms with Crippen LogP contribution in [0, 0.1) is 0 Å². The molecule has 1 N–H and O–H groups in total. The van der Waals surface area contributed by atoms with Crippen molar-refractivity contribution in [1.82, 2.24) is 20.3 Å². The fraction of sp³-hybridized carbons (Fsp3) is 0.818. The number of benzene rings is 1. The lowest BCUT2D eigenvalue weighted by atomic mass is 10.0. The molecule has 0 atom stereocenters. The Bertz CT molecular complexity index is 730. The van der Waals surface area contributed by atoms with Crippen LogP contribution in [0.3, 0.4) is 0 Å². The first kappa shape index (κ1) is 31.8. The molecule has 0 aliphatic heterocycles. The van der Waals surface area contributed by atoms with Crippen molar-refractivity contribution in [2.45, 2.75) is 162 Å². The number of aromatic amines is 1. The summed E-state index contributed by atoms with van der Waals surface area (Å²) in [7, 11) is 0. The number of fused-ring (bicyclic) bond motifs is 1. The average Bonchev–Trinajstić information content (AvgIpc) is 3.40. The third kappa shape index (κ3) is 15.6. The molecule has 0 amide bonds. The smallest absolute Gasteiger partial charge is 0.117 e. The van der Waals surface area contributed by atoms with Gasteiger partial charge >= 0.3 is 0 Å². The minimum atomic E-state index is 0.988. The van der Waals surface area contributed by atoms with Crippen LogP contribution in [0.4, 0.5) is 0 Å². The molecule has 0 spiro atoms. The number of H-pyrrole nitrogens is 1. The SMILES string of the molecule is CCCCCCCCCCCCCN(CCCCCCCCCCCCC)Cc1cccc2n[nH]nc12. The predicted octanol–water partition coefficient (Wildman–Crippen LogP) is 10.4. The molecule has 4 nitrogen and oxygen atoms in total. The summed E-state index contributed by atoms with van der Waals surface area (Å²) >= 11 is 0. The third-order valence-corrected chi connectivity index (χ3v) is 7.98. The zero-order chi connectivity index (χ0) is 26.2. The molecule has 0 fully saturated rings. The van der Waals surface area contributed by atoms with Gasteiger partial charge in [-0.15, -0.1) is 0 Å². The maximum Gasteiger partial charge on any atom is 0.117 e. The molecule has 2 rings (SSSR count). The van der Waals surface area contributed by atoms with E-state index in [2.05, 4.69) is 52.4 Å². The van der Waals surface area contributed by atoms with E-state index in [1.54, 1.807) is 0 Å². The van der Waals surface area contributed by atoms with Gasteiger partial charge in [0, 0.05) is 6.54 Å². The molecular formula is C33H60N4. The molecule has 1 aromatic heterocycles. The third-order valence-electron chi connectivity index (χ3n) is 7.98. The summed E-state index contributed by atoms with van der Waals surface area (Å²) in [6, 6.07) is 6.42. The molecule has 0 bridgehead atoms. The zero-order valence-electron chi connectivity index (χ0n) is 24.8. The number of nitrogens with zero attached hydrogens (tertiary/aromatic N) is 3. The lowest BCUT2D eigenvalue weighted by molar-refractivity contribution is 0.253. The lowest BCUT2D eigenvalue weighted by Crippen LogP contribution is -2.26. The second-order valence-corrected chi connectivity index (χ2v) is 11.5. The Morgan fingerprint density at radius 1 is 0.541 bits per heavy atom. The van der Waals surface area contributed by atoms with Gasteiger partial charge in [-0.2, -0.15) is 15.4 Å². The molecule has 212 valence electrons. The van der Waals surface area contributed by atoms with Crippen molar-refractivity contribution in [2.75, 3.05) is 13.1 Å². The molecule has 0 aliphatic carbocycles. The van der Waals surface area contributed by atoms with Gasteiger partial charge in [-0.25, -0.2) is 0 Å². The van der Waals surface area contributed by atoms with E-state index >= 15 is 0 Å². The lowest BCUT2D eigenvalue weighted by Gasteiger charge is -2.22. The second-order valence-electron chi connectivity index (χ2n) is 11.5.